The second-order valence-electron chi connectivity index (χ2n) is 3.91. The molecule has 0 aromatic carbocycles. The number of furan rings is 1. The second-order valence-corrected chi connectivity index (χ2v) is 3.91. The quantitative estimate of drug-likeness (QED) is 0.803. The fourth-order valence-corrected chi connectivity index (χ4v) is 1.96. The lowest BCUT2D eigenvalue weighted by molar-refractivity contribution is 0.0611. The summed E-state index contributed by atoms with van der Waals surface area (Å²) in [5.41, 5.74) is 6.04. The maximum absolute atomic E-state index is 6.04. The molecule has 0 spiro atoms. The zero-order chi connectivity index (χ0) is 9.80. The summed E-state index contributed by atoms with van der Waals surface area (Å²) in [5.74, 6) is 1.60. The van der Waals surface area contributed by atoms with Crippen molar-refractivity contribution in [3.05, 3.63) is 24.2 Å². The summed E-state index contributed by atoms with van der Waals surface area (Å²) >= 11 is 0. The third-order valence-corrected chi connectivity index (χ3v) is 2.84. The molecule has 14 heavy (non-hydrogen) atoms. The highest BCUT2D eigenvalue weighted by Gasteiger charge is 2.19. The highest BCUT2D eigenvalue weighted by Crippen LogP contribution is 2.25. The average Bonchev–Trinajstić information content (AvgIpc) is 2.72. The Morgan fingerprint density at radius 2 is 2.21 bits per heavy atom. The van der Waals surface area contributed by atoms with Gasteiger partial charge in [0.15, 0.2) is 0 Å². The predicted octanol–water partition coefficient (Wildman–Crippen LogP) is 2.10. The highest BCUT2D eigenvalue weighted by molar-refractivity contribution is 5.03. The number of rotatable bonds is 3. The molecule has 1 unspecified atom stereocenters. The summed E-state index contributed by atoms with van der Waals surface area (Å²) in [6, 6.07) is 3.89. The van der Waals surface area contributed by atoms with Crippen molar-refractivity contribution in [2.75, 3.05) is 13.2 Å². The highest BCUT2D eigenvalue weighted by atomic mass is 16.5. The molecule has 3 heteroatoms. The van der Waals surface area contributed by atoms with Gasteiger partial charge in [0.05, 0.1) is 12.3 Å². The number of hydrogen-bond donors (Lipinski definition) is 1. The summed E-state index contributed by atoms with van der Waals surface area (Å²) in [7, 11) is 0. The molecule has 1 aliphatic heterocycles. The molecule has 2 N–H and O–H groups in total. The number of hydrogen-bond acceptors (Lipinski definition) is 3. The van der Waals surface area contributed by atoms with Crippen LogP contribution in [0.25, 0.3) is 0 Å². The van der Waals surface area contributed by atoms with E-state index < -0.39 is 0 Å². The molecule has 0 amide bonds. The lowest BCUT2D eigenvalue weighted by Gasteiger charge is -2.23. The molecule has 78 valence electrons. The van der Waals surface area contributed by atoms with E-state index in [9.17, 15) is 0 Å². The molecule has 1 aromatic rings. The van der Waals surface area contributed by atoms with Crippen LogP contribution in [0.3, 0.4) is 0 Å². The maximum Gasteiger partial charge on any atom is 0.120 e. The van der Waals surface area contributed by atoms with Crippen LogP contribution in [0.15, 0.2) is 22.8 Å². The summed E-state index contributed by atoms with van der Waals surface area (Å²) in [6.45, 7) is 1.77. The van der Waals surface area contributed by atoms with Crippen LogP contribution in [0.2, 0.25) is 0 Å². The molecule has 1 aromatic heterocycles. The van der Waals surface area contributed by atoms with E-state index in [0.717, 1.165) is 38.2 Å². The molecule has 3 nitrogen and oxygen atoms in total. The van der Waals surface area contributed by atoms with E-state index in [2.05, 4.69) is 0 Å². The molecule has 1 saturated heterocycles. The molecule has 1 aliphatic rings. The summed E-state index contributed by atoms with van der Waals surface area (Å²) in [5, 5.41) is 0. The van der Waals surface area contributed by atoms with Crippen molar-refractivity contribution in [3.63, 3.8) is 0 Å². The van der Waals surface area contributed by atoms with E-state index in [1.807, 2.05) is 12.1 Å². The van der Waals surface area contributed by atoms with Gasteiger partial charge in [-0.2, -0.15) is 0 Å². The summed E-state index contributed by atoms with van der Waals surface area (Å²) in [4.78, 5) is 0. The molecule has 0 aliphatic carbocycles. The van der Waals surface area contributed by atoms with Crippen molar-refractivity contribution in [1.82, 2.24) is 0 Å². The van der Waals surface area contributed by atoms with Gasteiger partial charge < -0.3 is 14.9 Å². The Hall–Kier alpha value is -0.800. The third kappa shape index (κ3) is 2.36. The first kappa shape index (κ1) is 9.74. The molecule has 1 atom stereocenters. The zero-order valence-corrected chi connectivity index (χ0v) is 8.32. The van der Waals surface area contributed by atoms with Gasteiger partial charge in [0.2, 0.25) is 0 Å². The second kappa shape index (κ2) is 4.62. The van der Waals surface area contributed by atoms with E-state index in [1.165, 1.54) is 0 Å². The lowest BCUT2D eigenvalue weighted by Crippen LogP contribution is -2.21. The van der Waals surface area contributed by atoms with Gasteiger partial charge in [-0.25, -0.2) is 0 Å². The minimum atomic E-state index is 0.0492. The molecule has 0 saturated carbocycles. The van der Waals surface area contributed by atoms with Crippen LogP contribution >= 0.6 is 0 Å². The zero-order valence-electron chi connectivity index (χ0n) is 8.32. The van der Waals surface area contributed by atoms with Crippen LogP contribution in [0.4, 0.5) is 0 Å². The van der Waals surface area contributed by atoms with Crippen LogP contribution in [0.5, 0.6) is 0 Å². The van der Waals surface area contributed by atoms with Crippen LogP contribution in [-0.2, 0) is 4.74 Å². The van der Waals surface area contributed by atoms with Gasteiger partial charge in [-0.15, -0.1) is 0 Å². The largest absolute Gasteiger partial charge is 0.468 e. The van der Waals surface area contributed by atoms with Crippen LogP contribution < -0.4 is 5.73 Å². The normalized spacial score (nSPS) is 20.9. The molecule has 1 fully saturated rings. The fraction of sp³-hybridized carbons (Fsp3) is 0.636. The Labute approximate surface area is 84.2 Å². The monoisotopic (exact) mass is 195 g/mol. The van der Waals surface area contributed by atoms with Gasteiger partial charge in [0.1, 0.15) is 5.76 Å². The van der Waals surface area contributed by atoms with Gasteiger partial charge in [0.25, 0.3) is 0 Å². The minimum absolute atomic E-state index is 0.0492. The number of ether oxygens (including phenoxy) is 1. The van der Waals surface area contributed by atoms with Gasteiger partial charge >= 0.3 is 0 Å². The van der Waals surface area contributed by atoms with Gasteiger partial charge in [-0.1, -0.05) is 0 Å². The van der Waals surface area contributed by atoms with Crippen molar-refractivity contribution in [2.45, 2.75) is 25.3 Å². The molecular weight excluding hydrogens is 178 g/mol. The molecule has 2 rings (SSSR count). The van der Waals surface area contributed by atoms with E-state index in [-0.39, 0.29) is 6.04 Å². The first-order valence-corrected chi connectivity index (χ1v) is 5.23. The molecule has 0 radical (unpaired) electrons. The standard InChI is InChI=1S/C11H17NO2/c12-10(11-2-1-5-14-11)8-9-3-6-13-7-4-9/h1-2,5,9-10H,3-4,6-8,12H2. The van der Waals surface area contributed by atoms with Crippen LogP contribution in [0, 0.1) is 5.92 Å². The topological polar surface area (TPSA) is 48.4 Å². The first-order chi connectivity index (χ1) is 6.86. The first-order valence-electron chi connectivity index (χ1n) is 5.23. The lowest BCUT2D eigenvalue weighted by atomic mass is 9.92. The van der Waals surface area contributed by atoms with Crippen LogP contribution in [-0.4, -0.2) is 13.2 Å². The Balaban J connectivity index is 1.84. The molecule has 0 bridgehead atoms. The van der Waals surface area contributed by atoms with E-state index in [0.29, 0.717) is 5.92 Å². The molecular formula is C11H17NO2. The van der Waals surface area contributed by atoms with E-state index in [1.54, 1.807) is 6.26 Å². The Morgan fingerprint density at radius 3 is 2.86 bits per heavy atom. The number of nitrogens with two attached hydrogens (primary N) is 1. The third-order valence-electron chi connectivity index (χ3n) is 2.84. The van der Waals surface area contributed by atoms with Crippen molar-refractivity contribution in [3.8, 4) is 0 Å². The summed E-state index contributed by atoms with van der Waals surface area (Å²) in [6.07, 6.45) is 4.96. The molecule has 2 heterocycles. The summed E-state index contributed by atoms with van der Waals surface area (Å²) < 4.78 is 10.6. The Kier molecular flexibility index (Phi) is 3.22. The average molecular weight is 195 g/mol. The van der Waals surface area contributed by atoms with Gasteiger partial charge in [-0.3, -0.25) is 0 Å². The van der Waals surface area contributed by atoms with Crippen LogP contribution in [0.1, 0.15) is 31.1 Å². The van der Waals surface area contributed by atoms with E-state index >= 15 is 0 Å². The predicted molar refractivity (Wildman–Crippen MR) is 53.8 cm³/mol. The smallest absolute Gasteiger partial charge is 0.120 e. The Morgan fingerprint density at radius 1 is 1.43 bits per heavy atom. The van der Waals surface area contributed by atoms with Gasteiger partial charge in [0, 0.05) is 13.2 Å². The SMILES string of the molecule is NC(CC1CCOCC1)c1ccco1. The van der Waals surface area contributed by atoms with Crippen molar-refractivity contribution < 1.29 is 9.15 Å². The van der Waals surface area contributed by atoms with Gasteiger partial charge in [-0.05, 0) is 37.3 Å². The van der Waals surface area contributed by atoms with Crippen molar-refractivity contribution in [2.24, 2.45) is 11.7 Å². The fourth-order valence-electron chi connectivity index (χ4n) is 1.96. The van der Waals surface area contributed by atoms with Crippen molar-refractivity contribution >= 4 is 0 Å². The van der Waals surface area contributed by atoms with Crippen molar-refractivity contribution in [1.29, 1.82) is 0 Å². The maximum atomic E-state index is 6.04. The minimum Gasteiger partial charge on any atom is -0.468 e. The van der Waals surface area contributed by atoms with E-state index in [4.69, 9.17) is 14.9 Å². The Bertz CT molecular complexity index is 252.